The first-order chi connectivity index (χ1) is 22.4. The van der Waals surface area contributed by atoms with Crippen molar-refractivity contribution in [1.29, 1.82) is 10.8 Å². The van der Waals surface area contributed by atoms with Crippen LogP contribution in [0.25, 0.3) is 0 Å². The standard InChI is InChI=1S/C37H48N8O2/c1-24-12-14-26(15-13-24)41-34(21-32(38)37(3,4)5)43-36(46)42-30-17-18-31(29-11-7-6-10-28(29)30)47-27-16-19-33(39)45(23-27)35(40)44-20-8-9-25(2)22-44/h6-7,10-16,19,21,23,25,30-31,39-40H,8-9,17-18,20,22,38H2,1-5H3,(H2,41,42,43,46)/b32-21-,39-33?,40-35?/t25-,30-,31+/m0/s1. The number of nitrogens with zero attached hydrogens (tertiary/aromatic N) is 3. The molecule has 5 rings (SSSR count). The largest absolute Gasteiger partial charge is 0.484 e. The lowest BCUT2D eigenvalue weighted by Crippen LogP contribution is -2.45. The molecule has 1 aromatic heterocycles. The van der Waals surface area contributed by atoms with Crippen LogP contribution in [0.5, 0.6) is 5.75 Å². The van der Waals surface area contributed by atoms with Crippen molar-refractivity contribution < 1.29 is 9.53 Å². The first-order valence-electron chi connectivity index (χ1n) is 16.4. The Labute approximate surface area is 277 Å². The van der Waals surface area contributed by atoms with Gasteiger partial charge in [-0.05, 0) is 73.9 Å². The molecular formula is C37H48N8O2. The number of aliphatic imine (C=N–C) groups is 1. The van der Waals surface area contributed by atoms with E-state index in [-0.39, 0.29) is 29.1 Å². The number of ether oxygens (including phenoxy) is 1. The predicted octanol–water partition coefficient (Wildman–Crippen LogP) is 6.66. The summed E-state index contributed by atoms with van der Waals surface area (Å²) in [6.07, 6.45) is 6.77. The minimum atomic E-state index is -0.370. The third kappa shape index (κ3) is 8.49. The summed E-state index contributed by atoms with van der Waals surface area (Å²) in [5.41, 5.74) is 10.7. The highest BCUT2D eigenvalue weighted by molar-refractivity contribution is 6.05. The Hall–Kier alpha value is -4.86. The Bertz CT molecular complexity index is 1720. The van der Waals surface area contributed by atoms with E-state index in [0.717, 1.165) is 42.6 Å². The van der Waals surface area contributed by atoms with Gasteiger partial charge in [-0.15, -0.1) is 0 Å². The van der Waals surface area contributed by atoms with Gasteiger partial charge in [-0.1, -0.05) is 69.7 Å². The van der Waals surface area contributed by atoms with Crippen molar-refractivity contribution in [3.05, 3.63) is 101 Å². The van der Waals surface area contributed by atoms with Crippen molar-refractivity contribution in [2.45, 2.75) is 72.4 Å². The van der Waals surface area contributed by atoms with Gasteiger partial charge in [-0.3, -0.25) is 20.7 Å². The molecule has 47 heavy (non-hydrogen) atoms. The zero-order valence-corrected chi connectivity index (χ0v) is 28.1. The number of fused-ring (bicyclic) bond motifs is 1. The van der Waals surface area contributed by atoms with Crippen molar-refractivity contribution in [3.63, 3.8) is 0 Å². The number of aryl methyl sites for hydroxylation is 1. The van der Waals surface area contributed by atoms with Gasteiger partial charge in [0.25, 0.3) is 0 Å². The van der Waals surface area contributed by atoms with E-state index in [1.807, 2.05) is 81.1 Å². The van der Waals surface area contributed by atoms with E-state index >= 15 is 0 Å². The lowest BCUT2D eigenvalue weighted by atomic mass is 9.85. The van der Waals surface area contributed by atoms with Gasteiger partial charge in [-0.2, -0.15) is 0 Å². The first-order valence-corrected chi connectivity index (χ1v) is 16.4. The number of rotatable bonds is 5. The van der Waals surface area contributed by atoms with Gasteiger partial charge < -0.3 is 20.7 Å². The maximum atomic E-state index is 13.4. The van der Waals surface area contributed by atoms with Crippen LogP contribution in [0, 0.1) is 29.1 Å². The van der Waals surface area contributed by atoms with Crippen LogP contribution in [-0.2, 0) is 0 Å². The number of aromatic nitrogens is 1. The lowest BCUT2D eigenvalue weighted by Gasteiger charge is -2.34. The molecule has 0 spiro atoms. The lowest BCUT2D eigenvalue weighted by molar-refractivity contribution is 0.170. The van der Waals surface area contributed by atoms with Gasteiger partial charge in [0.2, 0.25) is 5.96 Å². The van der Waals surface area contributed by atoms with Crippen LogP contribution in [0.4, 0.5) is 10.5 Å². The Balaban J connectivity index is 1.31. The van der Waals surface area contributed by atoms with E-state index in [1.54, 1.807) is 29.0 Å². The molecule has 0 bridgehead atoms. The van der Waals surface area contributed by atoms with Gasteiger partial charge in [-0.25, -0.2) is 9.79 Å². The Morgan fingerprint density at radius 2 is 1.77 bits per heavy atom. The number of amides is 2. The highest BCUT2D eigenvalue weighted by Gasteiger charge is 2.30. The third-order valence-electron chi connectivity index (χ3n) is 8.81. The molecule has 248 valence electrons. The van der Waals surface area contributed by atoms with Crippen LogP contribution in [-0.4, -0.2) is 40.4 Å². The topological polar surface area (TPSA) is 145 Å². The summed E-state index contributed by atoms with van der Waals surface area (Å²) in [5, 5.41) is 23.4. The number of pyridine rings is 1. The Morgan fingerprint density at radius 1 is 1.04 bits per heavy atom. The number of nitrogens with one attached hydrogen (secondary N) is 4. The summed E-state index contributed by atoms with van der Waals surface area (Å²) in [7, 11) is 0. The highest BCUT2D eigenvalue weighted by atomic mass is 16.5. The molecule has 2 amide bonds. The quantitative estimate of drug-likeness (QED) is 0.157. The molecule has 3 aromatic rings. The van der Waals surface area contributed by atoms with E-state index in [0.29, 0.717) is 47.7 Å². The van der Waals surface area contributed by atoms with E-state index in [1.165, 1.54) is 0 Å². The number of carbonyl (C=O) groups is 1. The SMILES string of the molecule is Cc1ccc(N=C(/C=C(\N)C(C)(C)C)NC(=O)N[C@H]2CC[C@@H](Oc3ccc(=N)n(C(=N)N4CCC[C@H](C)C4)c3)c3ccccc32)cc1. The number of piperidine rings is 1. The fraction of sp³-hybridized carbons (Fsp3) is 0.405. The molecule has 0 radical (unpaired) electrons. The van der Waals surface area contributed by atoms with E-state index in [9.17, 15) is 4.79 Å². The molecule has 6 N–H and O–H groups in total. The first kappa shape index (κ1) is 33.5. The number of nitrogens with two attached hydrogens (primary N) is 1. The van der Waals surface area contributed by atoms with Gasteiger partial charge in [0, 0.05) is 30.3 Å². The molecule has 2 aromatic carbocycles. The predicted molar refractivity (Wildman–Crippen MR) is 187 cm³/mol. The molecule has 0 unspecified atom stereocenters. The summed E-state index contributed by atoms with van der Waals surface area (Å²) < 4.78 is 8.11. The minimum absolute atomic E-state index is 0.231. The smallest absolute Gasteiger partial charge is 0.320 e. The minimum Gasteiger partial charge on any atom is -0.484 e. The number of urea groups is 1. The normalized spacial score (nSPS) is 20.3. The number of hydrogen-bond acceptors (Lipinski definition) is 6. The number of benzene rings is 2. The summed E-state index contributed by atoms with van der Waals surface area (Å²) in [5.74, 6) is 1.78. The fourth-order valence-electron chi connectivity index (χ4n) is 5.98. The maximum absolute atomic E-state index is 13.4. The zero-order valence-electron chi connectivity index (χ0n) is 28.1. The van der Waals surface area contributed by atoms with Gasteiger partial charge >= 0.3 is 6.03 Å². The number of allylic oxidation sites excluding steroid dienone is 1. The van der Waals surface area contributed by atoms with Crippen LogP contribution in [0.2, 0.25) is 0 Å². The van der Waals surface area contributed by atoms with Gasteiger partial charge in [0.15, 0.2) is 0 Å². The number of hydrogen-bond donors (Lipinski definition) is 5. The Kier molecular flexibility index (Phi) is 10.2. The summed E-state index contributed by atoms with van der Waals surface area (Å²) in [4.78, 5) is 20.1. The van der Waals surface area contributed by atoms with Crippen molar-refractivity contribution in [1.82, 2.24) is 20.1 Å². The maximum Gasteiger partial charge on any atom is 0.320 e. The number of carbonyl (C=O) groups excluding carboxylic acids is 1. The molecule has 1 fully saturated rings. The monoisotopic (exact) mass is 636 g/mol. The van der Waals surface area contributed by atoms with Crippen molar-refractivity contribution in [3.8, 4) is 5.75 Å². The van der Waals surface area contributed by atoms with Crippen LogP contribution in [0.15, 0.2) is 83.6 Å². The molecule has 0 saturated carbocycles. The molecule has 1 aliphatic heterocycles. The average Bonchev–Trinajstić information content (AvgIpc) is 3.03. The second-order valence-electron chi connectivity index (χ2n) is 13.8. The van der Waals surface area contributed by atoms with Crippen LogP contribution in [0.1, 0.15) is 82.2 Å². The summed E-state index contributed by atoms with van der Waals surface area (Å²) in [6, 6.07) is 18.6. The van der Waals surface area contributed by atoms with Gasteiger partial charge in [0.1, 0.15) is 23.2 Å². The Morgan fingerprint density at radius 3 is 2.47 bits per heavy atom. The van der Waals surface area contributed by atoms with Crippen molar-refractivity contribution in [2.75, 3.05) is 13.1 Å². The molecule has 1 aliphatic carbocycles. The summed E-state index contributed by atoms with van der Waals surface area (Å²) in [6.45, 7) is 11.9. The molecule has 2 aliphatic rings. The van der Waals surface area contributed by atoms with Crippen LogP contribution in [0.3, 0.4) is 0 Å². The fourth-order valence-corrected chi connectivity index (χ4v) is 5.98. The van der Waals surface area contributed by atoms with E-state index in [2.05, 4.69) is 22.5 Å². The number of amidine groups is 1. The second kappa shape index (κ2) is 14.3. The molecule has 1 saturated heterocycles. The third-order valence-corrected chi connectivity index (χ3v) is 8.81. The molecule has 2 heterocycles. The average molecular weight is 637 g/mol. The number of likely N-dealkylation sites (tertiary alicyclic amines) is 1. The second-order valence-corrected chi connectivity index (χ2v) is 13.8. The van der Waals surface area contributed by atoms with Crippen molar-refractivity contribution in [2.24, 2.45) is 22.1 Å². The van der Waals surface area contributed by atoms with Crippen molar-refractivity contribution >= 4 is 23.5 Å². The van der Waals surface area contributed by atoms with Crippen LogP contribution >= 0.6 is 0 Å². The molecular weight excluding hydrogens is 588 g/mol. The van der Waals surface area contributed by atoms with E-state index in [4.69, 9.17) is 21.3 Å². The van der Waals surface area contributed by atoms with E-state index < -0.39 is 0 Å². The zero-order chi connectivity index (χ0) is 33.7. The molecule has 3 atom stereocenters. The van der Waals surface area contributed by atoms with Crippen LogP contribution < -0.4 is 26.6 Å². The summed E-state index contributed by atoms with van der Waals surface area (Å²) >= 11 is 0. The molecule has 10 nitrogen and oxygen atoms in total. The highest BCUT2D eigenvalue weighted by Crippen LogP contribution is 2.38. The van der Waals surface area contributed by atoms with Gasteiger partial charge in [0.05, 0.1) is 17.9 Å². The molecule has 10 heteroatoms.